The van der Waals surface area contributed by atoms with Gasteiger partial charge in [-0.05, 0) is 31.3 Å². The molecule has 2 fully saturated rings. The molecule has 0 aromatic rings. The molecule has 0 aromatic heterocycles. The van der Waals surface area contributed by atoms with E-state index in [4.69, 9.17) is 9.47 Å². The number of carbonyl (C=O) groups is 3. The summed E-state index contributed by atoms with van der Waals surface area (Å²) in [5.41, 5.74) is -0.813. The van der Waals surface area contributed by atoms with Gasteiger partial charge in [0.1, 0.15) is 12.2 Å². The minimum absolute atomic E-state index is 0.000789. The molecule has 0 amide bonds. The number of ether oxygens (including phenoxy) is 2. The van der Waals surface area contributed by atoms with E-state index in [0.29, 0.717) is 6.42 Å². The summed E-state index contributed by atoms with van der Waals surface area (Å²) >= 11 is 0. The molecule has 3 aliphatic rings. The van der Waals surface area contributed by atoms with Crippen LogP contribution in [0.3, 0.4) is 0 Å². The summed E-state index contributed by atoms with van der Waals surface area (Å²) in [5, 5.41) is 0. The number of hydrogen-bond acceptors (Lipinski definition) is 5. The second-order valence-corrected chi connectivity index (χ2v) is 7.12. The molecule has 3 rings (SSSR count). The Balaban J connectivity index is 2.10. The van der Waals surface area contributed by atoms with Crippen molar-refractivity contribution in [2.75, 3.05) is 0 Å². The average molecular weight is 306 g/mol. The lowest BCUT2D eigenvalue weighted by atomic mass is 9.66. The molecule has 0 aromatic carbocycles. The molecule has 0 spiro atoms. The van der Waals surface area contributed by atoms with Gasteiger partial charge >= 0.3 is 11.9 Å². The Morgan fingerprint density at radius 1 is 1.36 bits per heavy atom. The molecule has 7 atom stereocenters. The van der Waals surface area contributed by atoms with Crippen molar-refractivity contribution in [1.29, 1.82) is 0 Å². The van der Waals surface area contributed by atoms with Crippen LogP contribution in [0.25, 0.3) is 0 Å². The van der Waals surface area contributed by atoms with E-state index < -0.39 is 17.5 Å². The number of allylic oxidation sites excluding steroid dienone is 2. The molecule has 22 heavy (non-hydrogen) atoms. The van der Waals surface area contributed by atoms with Crippen LogP contribution in [0.4, 0.5) is 0 Å². The van der Waals surface area contributed by atoms with Gasteiger partial charge in [-0.2, -0.15) is 0 Å². The van der Waals surface area contributed by atoms with Crippen molar-refractivity contribution >= 4 is 17.7 Å². The van der Waals surface area contributed by atoms with Crippen molar-refractivity contribution < 1.29 is 23.9 Å². The minimum atomic E-state index is -0.813. The fourth-order valence-electron chi connectivity index (χ4n) is 4.61. The Morgan fingerprint density at radius 2 is 2.05 bits per heavy atom. The van der Waals surface area contributed by atoms with E-state index in [0.717, 1.165) is 0 Å². The van der Waals surface area contributed by atoms with Gasteiger partial charge in [-0.3, -0.25) is 14.4 Å². The summed E-state index contributed by atoms with van der Waals surface area (Å²) in [4.78, 5) is 36.2. The third-order valence-corrected chi connectivity index (χ3v) is 5.77. The van der Waals surface area contributed by atoms with E-state index >= 15 is 0 Å². The van der Waals surface area contributed by atoms with E-state index in [-0.39, 0.29) is 41.5 Å². The standard InChI is InChI=1S/C17H22O5/c1-8-7-12-14(9(2)16(20)22-12)15(21-10(3)18)17(4)11(8)5-6-13(17)19/h5-6,8-9,11-12,14-15H,7H2,1-4H3/t8-,9-,11+,12+,14-,15-,17+/m1/s1. The second kappa shape index (κ2) is 4.93. The number of fused-ring (bicyclic) bond motifs is 2. The first-order valence-electron chi connectivity index (χ1n) is 7.87. The van der Waals surface area contributed by atoms with Crippen molar-refractivity contribution in [1.82, 2.24) is 0 Å². The summed E-state index contributed by atoms with van der Waals surface area (Å²) in [5.74, 6) is -1.17. The van der Waals surface area contributed by atoms with Crippen LogP contribution in [0.5, 0.6) is 0 Å². The van der Waals surface area contributed by atoms with Gasteiger partial charge < -0.3 is 9.47 Å². The monoisotopic (exact) mass is 306 g/mol. The molecule has 120 valence electrons. The van der Waals surface area contributed by atoms with E-state index in [9.17, 15) is 14.4 Å². The summed E-state index contributed by atoms with van der Waals surface area (Å²) in [6, 6.07) is 0. The van der Waals surface area contributed by atoms with E-state index in [2.05, 4.69) is 6.92 Å². The van der Waals surface area contributed by atoms with Crippen molar-refractivity contribution in [3.63, 3.8) is 0 Å². The van der Waals surface area contributed by atoms with Gasteiger partial charge in [0.2, 0.25) is 0 Å². The highest BCUT2D eigenvalue weighted by Gasteiger charge is 2.62. The number of ketones is 1. The van der Waals surface area contributed by atoms with Gasteiger partial charge in [0, 0.05) is 12.8 Å². The van der Waals surface area contributed by atoms with Crippen LogP contribution >= 0.6 is 0 Å². The van der Waals surface area contributed by atoms with Crippen LogP contribution in [0.1, 0.15) is 34.1 Å². The molecule has 1 saturated carbocycles. The summed E-state index contributed by atoms with van der Waals surface area (Å²) in [7, 11) is 0. The fraction of sp³-hybridized carbons (Fsp3) is 0.706. The van der Waals surface area contributed by atoms with Crippen LogP contribution in [-0.4, -0.2) is 29.9 Å². The lowest BCUT2D eigenvalue weighted by Gasteiger charge is -2.40. The topological polar surface area (TPSA) is 69.7 Å². The molecular formula is C17H22O5. The van der Waals surface area contributed by atoms with Gasteiger partial charge in [0.05, 0.1) is 11.3 Å². The Bertz CT molecular complexity index is 565. The molecule has 5 heteroatoms. The molecule has 0 N–H and O–H groups in total. The third kappa shape index (κ3) is 1.94. The first-order valence-corrected chi connectivity index (χ1v) is 7.87. The fourth-order valence-corrected chi connectivity index (χ4v) is 4.61. The zero-order valence-corrected chi connectivity index (χ0v) is 13.4. The maximum Gasteiger partial charge on any atom is 0.309 e. The Morgan fingerprint density at radius 3 is 2.68 bits per heavy atom. The molecule has 0 bridgehead atoms. The van der Waals surface area contributed by atoms with Crippen molar-refractivity contribution in [2.24, 2.45) is 29.1 Å². The highest BCUT2D eigenvalue weighted by atomic mass is 16.6. The van der Waals surface area contributed by atoms with Gasteiger partial charge in [0.15, 0.2) is 5.78 Å². The van der Waals surface area contributed by atoms with E-state index in [1.165, 1.54) is 6.92 Å². The normalized spacial score (nSPS) is 46.7. The van der Waals surface area contributed by atoms with Crippen molar-refractivity contribution in [3.8, 4) is 0 Å². The molecule has 1 heterocycles. The highest BCUT2D eigenvalue weighted by Crippen LogP contribution is 2.54. The van der Waals surface area contributed by atoms with E-state index in [1.807, 2.05) is 13.0 Å². The number of hydrogen-bond donors (Lipinski definition) is 0. The maximum absolute atomic E-state index is 12.6. The van der Waals surface area contributed by atoms with Crippen LogP contribution in [0.2, 0.25) is 0 Å². The maximum atomic E-state index is 12.6. The van der Waals surface area contributed by atoms with Crippen LogP contribution in [-0.2, 0) is 23.9 Å². The number of rotatable bonds is 1. The summed E-state index contributed by atoms with van der Waals surface area (Å²) in [6.45, 7) is 7.07. The smallest absolute Gasteiger partial charge is 0.309 e. The summed E-state index contributed by atoms with van der Waals surface area (Å²) < 4.78 is 11.1. The van der Waals surface area contributed by atoms with Crippen molar-refractivity contribution in [2.45, 2.75) is 46.3 Å². The zero-order chi connectivity index (χ0) is 16.2. The van der Waals surface area contributed by atoms with Crippen LogP contribution in [0, 0.1) is 29.1 Å². The molecule has 1 saturated heterocycles. The predicted octanol–water partition coefficient (Wildman–Crippen LogP) is 1.90. The number of esters is 2. The third-order valence-electron chi connectivity index (χ3n) is 5.77. The Labute approximate surface area is 130 Å². The molecule has 0 radical (unpaired) electrons. The Kier molecular flexibility index (Phi) is 3.42. The lowest BCUT2D eigenvalue weighted by Crippen LogP contribution is -2.50. The summed E-state index contributed by atoms with van der Waals surface area (Å²) in [6.07, 6.45) is 3.30. The number of carbonyl (C=O) groups excluding carboxylic acids is 3. The quantitative estimate of drug-likeness (QED) is 0.692. The molecule has 2 aliphatic carbocycles. The molecular weight excluding hydrogens is 284 g/mol. The Hall–Kier alpha value is -1.65. The lowest BCUT2D eigenvalue weighted by molar-refractivity contribution is -0.165. The first-order chi connectivity index (χ1) is 10.3. The molecule has 1 aliphatic heterocycles. The minimum Gasteiger partial charge on any atom is -0.462 e. The van der Waals surface area contributed by atoms with E-state index in [1.54, 1.807) is 13.0 Å². The van der Waals surface area contributed by atoms with Crippen molar-refractivity contribution in [3.05, 3.63) is 12.2 Å². The largest absolute Gasteiger partial charge is 0.462 e. The average Bonchev–Trinajstić information content (AvgIpc) is 2.84. The van der Waals surface area contributed by atoms with Gasteiger partial charge in [-0.1, -0.05) is 19.9 Å². The van der Waals surface area contributed by atoms with Gasteiger partial charge in [-0.15, -0.1) is 0 Å². The predicted molar refractivity (Wildman–Crippen MR) is 77.6 cm³/mol. The second-order valence-electron chi connectivity index (χ2n) is 7.12. The highest BCUT2D eigenvalue weighted by molar-refractivity contribution is 5.98. The van der Waals surface area contributed by atoms with Crippen LogP contribution in [0.15, 0.2) is 12.2 Å². The zero-order valence-electron chi connectivity index (χ0n) is 13.4. The van der Waals surface area contributed by atoms with Crippen LogP contribution < -0.4 is 0 Å². The molecule has 5 nitrogen and oxygen atoms in total. The van der Waals surface area contributed by atoms with Gasteiger partial charge in [0.25, 0.3) is 0 Å². The molecule has 0 unspecified atom stereocenters. The first kappa shape index (κ1) is 15.3. The SMILES string of the molecule is CC(=O)O[C@@H]1[C@H]2[C@H](C[C@@H](C)[C@@H]3C=CC(=O)[C@@]13C)OC(=O)[C@@H]2C. The van der Waals surface area contributed by atoms with Gasteiger partial charge in [-0.25, -0.2) is 0 Å².